The van der Waals surface area contributed by atoms with Gasteiger partial charge in [0.05, 0.1) is 16.3 Å². The number of nitrogens with one attached hydrogen (secondary N) is 1. The van der Waals surface area contributed by atoms with Gasteiger partial charge in [-0.1, -0.05) is 12.1 Å². The summed E-state index contributed by atoms with van der Waals surface area (Å²) < 4.78 is 25.2. The lowest BCUT2D eigenvalue weighted by Crippen LogP contribution is -2.15. The highest BCUT2D eigenvalue weighted by Crippen LogP contribution is 2.22. The van der Waals surface area contributed by atoms with Gasteiger partial charge >= 0.3 is 0 Å². The van der Waals surface area contributed by atoms with Gasteiger partial charge in [0.1, 0.15) is 6.33 Å². The highest BCUT2D eigenvalue weighted by atomic mass is 32.2. The zero-order valence-electron chi connectivity index (χ0n) is 13.5. The third kappa shape index (κ3) is 3.56. The van der Waals surface area contributed by atoms with Gasteiger partial charge in [-0.05, 0) is 53.2 Å². The number of aryl methyl sites for hydroxylation is 1. The van der Waals surface area contributed by atoms with E-state index in [0.29, 0.717) is 5.56 Å². The molecule has 0 fully saturated rings. The van der Waals surface area contributed by atoms with E-state index in [2.05, 4.69) is 20.8 Å². The molecule has 1 aromatic heterocycles. The zero-order chi connectivity index (χ0) is 18.0. The number of carbonyl (C=O) groups excluding carboxylic acids is 1. The van der Waals surface area contributed by atoms with Crippen molar-refractivity contribution in [2.45, 2.75) is 11.8 Å². The molecule has 25 heavy (non-hydrogen) atoms. The van der Waals surface area contributed by atoms with Crippen LogP contribution in [0.4, 0.5) is 5.69 Å². The maximum Gasteiger partial charge on any atom is 0.255 e. The molecule has 0 saturated heterocycles. The molecular formula is C16H15N5O3S. The Kier molecular flexibility index (Phi) is 4.32. The number of tetrazole rings is 1. The third-order valence-electron chi connectivity index (χ3n) is 3.59. The van der Waals surface area contributed by atoms with Crippen molar-refractivity contribution in [1.29, 1.82) is 0 Å². The van der Waals surface area contributed by atoms with Crippen LogP contribution in [-0.2, 0) is 9.84 Å². The number of carbonyl (C=O) groups is 1. The van der Waals surface area contributed by atoms with Gasteiger partial charge in [0.25, 0.3) is 5.91 Å². The first-order valence-corrected chi connectivity index (χ1v) is 9.20. The molecule has 0 aliphatic heterocycles. The van der Waals surface area contributed by atoms with Crippen molar-refractivity contribution in [3.8, 4) is 5.69 Å². The van der Waals surface area contributed by atoms with Crippen molar-refractivity contribution in [2.24, 2.45) is 0 Å². The van der Waals surface area contributed by atoms with Crippen molar-refractivity contribution < 1.29 is 13.2 Å². The van der Waals surface area contributed by atoms with E-state index in [0.717, 1.165) is 17.5 Å². The second kappa shape index (κ2) is 6.44. The lowest BCUT2D eigenvalue weighted by atomic mass is 10.1. The largest absolute Gasteiger partial charge is 0.321 e. The first-order chi connectivity index (χ1) is 11.9. The molecule has 3 aromatic rings. The number of hydrogen-bond donors (Lipinski definition) is 1. The Hall–Kier alpha value is -3.07. The van der Waals surface area contributed by atoms with E-state index in [1.165, 1.54) is 17.1 Å². The first kappa shape index (κ1) is 16.8. The Labute approximate surface area is 144 Å². The molecule has 1 N–H and O–H groups in total. The molecule has 1 amide bonds. The lowest BCUT2D eigenvalue weighted by molar-refractivity contribution is 0.102. The normalized spacial score (nSPS) is 11.3. The topological polar surface area (TPSA) is 107 Å². The van der Waals surface area contributed by atoms with Crippen LogP contribution in [0.25, 0.3) is 5.69 Å². The van der Waals surface area contributed by atoms with Crippen LogP contribution < -0.4 is 5.32 Å². The summed E-state index contributed by atoms with van der Waals surface area (Å²) in [7, 11) is -3.45. The van der Waals surface area contributed by atoms with Crippen molar-refractivity contribution in [1.82, 2.24) is 20.2 Å². The smallest absolute Gasteiger partial charge is 0.255 e. The van der Waals surface area contributed by atoms with Crippen LogP contribution in [0.2, 0.25) is 0 Å². The predicted molar refractivity (Wildman–Crippen MR) is 91.4 cm³/mol. The molecule has 3 rings (SSSR count). The highest BCUT2D eigenvalue weighted by Gasteiger charge is 2.16. The van der Waals surface area contributed by atoms with Gasteiger partial charge in [-0.25, -0.2) is 13.1 Å². The minimum atomic E-state index is -3.45. The number of rotatable bonds is 4. The second-order valence-corrected chi connectivity index (χ2v) is 7.46. The van der Waals surface area contributed by atoms with Crippen molar-refractivity contribution in [3.63, 3.8) is 0 Å². The Morgan fingerprint density at radius 1 is 1.16 bits per heavy atom. The van der Waals surface area contributed by atoms with Crippen LogP contribution >= 0.6 is 0 Å². The SMILES string of the molecule is Cc1cc(C(=O)Nc2ccccc2S(C)(=O)=O)ccc1-n1cnnn1. The molecule has 0 saturated carbocycles. The Morgan fingerprint density at radius 2 is 1.92 bits per heavy atom. The average molecular weight is 357 g/mol. The number of para-hydroxylation sites is 1. The van der Waals surface area contributed by atoms with Crippen LogP contribution in [0.5, 0.6) is 0 Å². The summed E-state index contributed by atoms with van der Waals surface area (Å²) in [5.41, 5.74) is 2.20. The molecule has 0 bridgehead atoms. The van der Waals surface area contributed by atoms with Gasteiger partial charge in [0, 0.05) is 11.8 Å². The molecule has 0 aliphatic rings. The number of sulfone groups is 1. The summed E-state index contributed by atoms with van der Waals surface area (Å²) in [5, 5.41) is 13.6. The number of amides is 1. The minimum absolute atomic E-state index is 0.0744. The van der Waals surface area contributed by atoms with Crippen molar-refractivity contribution >= 4 is 21.4 Å². The summed E-state index contributed by atoms with van der Waals surface area (Å²) in [6.07, 6.45) is 2.56. The number of aromatic nitrogens is 4. The summed E-state index contributed by atoms with van der Waals surface area (Å²) >= 11 is 0. The van der Waals surface area contributed by atoms with Crippen LogP contribution in [0.3, 0.4) is 0 Å². The highest BCUT2D eigenvalue weighted by molar-refractivity contribution is 7.90. The molecule has 8 nitrogen and oxygen atoms in total. The molecule has 0 atom stereocenters. The molecule has 0 radical (unpaired) electrons. The Bertz CT molecular complexity index is 1030. The summed E-state index contributed by atoms with van der Waals surface area (Å²) in [6, 6.07) is 11.3. The van der Waals surface area contributed by atoms with E-state index < -0.39 is 15.7 Å². The van der Waals surface area contributed by atoms with E-state index in [4.69, 9.17) is 0 Å². The lowest BCUT2D eigenvalue weighted by Gasteiger charge is -2.11. The Morgan fingerprint density at radius 3 is 2.56 bits per heavy atom. The summed E-state index contributed by atoms with van der Waals surface area (Å²) in [6.45, 7) is 1.83. The molecule has 0 aliphatic carbocycles. The van der Waals surface area contributed by atoms with Gasteiger partial charge in [-0.15, -0.1) is 5.10 Å². The molecule has 128 valence electrons. The van der Waals surface area contributed by atoms with Crippen molar-refractivity contribution in [2.75, 3.05) is 11.6 Å². The van der Waals surface area contributed by atoms with E-state index >= 15 is 0 Å². The van der Waals surface area contributed by atoms with Crippen LogP contribution in [0, 0.1) is 6.92 Å². The number of hydrogen-bond acceptors (Lipinski definition) is 6. The maximum absolute atomic E-state index is 12.5. The standard InChI is InChI=1S/C16H15N5O3S/c1-11-9-12(7-8-14(11)21-10-17-19-20-21)16(22)18-13-5-3-4-6-15(13)25(2,23)24/h3-10H,1-2H3,(H,18,22). The zero-order valence-corrected chi connectivity index (χ0v) is 14.4. The molecule has 9 heteroatoms. The van der Waals surface area contributed by atoms with Gasteiger partial charge in [0.15, 0.2) is 9.84 Å². The van der Waals surface area contributed by atoms with E-state index in [1.807, 2.05) is 6.92 Å². The number of nitrogens with zero attached hydrogens (tertiary/aromatic N) is 4. The summed E-state index contributed by atoms with van der Waals surface area (Å²) in [4.78, 5) is 12.6. The van der Waals surface area contributed by atoms with Gasteiger partial charge in [-0.2, -0.15) is 0 Å². The molecule has 1 heterocycles. The second-order valence-electron chi connectivity index (χ2n) is 5.48. The average Bonchev–Trinajstić information content (AvgIpc) is 3.08. The fraction of sp³-hybridized carbons (Fsp3) is 0.125. The van der Waals surface area contributed by atoms with E-state index in [9.17, 15) is 13.2 Å². The Balaban J connectivity index is 1.89. The maximum atomic E-state index is 12.5. The monoisotopic (exact) mass is 357 g/mol. The van der Waals surface area contributed by atoms with Gasteiger partial charge in [0.2, 0.25) is 0 Å². The molecule has 0 unspecified atom stereocenters. The molecular weight excluding hydrogens is 342 g/mol. The van der Waals surface area contributed by atoms with E-state index in [-0.39, 0.29) is 10.6 Å². The predicted octanol–water partition coefficient (Wildman–Crippen LogP) is 1.63. The van der Waals surface area contributed by atoms with Crippen molar-refractivity contribution in [3.05, 3.63) is 59.9 Å². The number of benzene rings is 2. The van der Waals surface area contributed by atoms with E-state index in [1.54, 1.807) is 36.4 Å². The van der Waals surface area contributed by atoms with Gasteiger partial charge in [-0.3, -0.25) is 4.79 Å². The molecule has 2 aromatic carbocycles. The fourth-order valence-corrected chi connectivity index (χ4v) is 3.26. The van der Waals surface area contributed by atoms with Crippen LogP contribution in [0.1, 0.15) is 15.9 Å². The molecule has 0 spiro atoms. The first-order valence-electron chi connectivity index (χ1n) is 7.31. The third-order valence-corrected chi connectivity index (χ3v) is 4.74. The fourth-order valence-electron chi connectivity index (χ4n) is 2.41. The van der Waals surface area contributed by atoms with Crippen LogP contribution in [0.15, 0.2) is 53.7 Å². The number of anilines is 1. The quantitative estimate of drug-likeness (QED) is 0.760. The summed E-state index contributed by atoms with van der Waals surface area (Å²) in [5.74, 6) is -0.400. The van der Waals surface area contributed by atoms with Crippen LogP contribution in [-0.4, -0.2) is 40.8 Å². The minimum Gasteiger partial charge on any atom is -0.321 e. The van der Waals surface area contributed by atoms with Gasteiger partial charge < -0.3 is 5.32 Å².